The van der Waals surface area contributed by atoms with Gasteiger partial charge in [-0.2, -0.15) is 5.10 Å². The van der Waals surface area contributed by atoms with E-state index in [-0.39, 0.29) is 11.2 Å². The fourth-order valence-corrected chi connectivity index (χ4v) is 4.11. The Hall–Kier alpha value is -2.03. The highest BCUT2D eigenvalue weighted by Crippen LogP contribution is 2.24. The fourth-order valence-electron chi connectivity index (χ4n) is 3.32. The predicted octanol–water partition coefficient (Wildman–Crippen LogP) is 1.97. The number of hydrogen-bond donors (Lipinski definition) is 2. The van der Waals surface area contributed by atoms with Crippen molar-refractivity contribution in [1.29, 1.82) is 0 Å². The summed E-state index contributed by atoms with van der Waals surface area (Å²) in [7, 11) is 0. The molecule has 1 aliphatic carbocycles. The standard InChI is InChI=1S/C17H27N7OS/c1-11-9-12(2)24(22-11)16-20-21-17(23(16)18)26-13(3)15(25)19-10-14-7-5-4-6-8-14/h9,13-14H,4-8,10,18H2,1-3H3,(H,19,25)/t13-/m0/s1. The van der Waals surface area contributed by atoms with Crippen molar-refractivity contribution in [3.63, 3.8) is 0 Å². The maximum absolute atomic E-state index is 12.4. The van der Waals surface area contributed by atoms with Gasteiger partial charge >= 0.3 is 0 Å². The molecule has 1 fully saturated rings. The molecular weight excluding hydrogens is 350 g/mol. The number of nitrogens with one attached hydrogen (secondary N) is 1. The van der Waals surface area contributed by atoms with Crippen molar-refractivity contribution in [3.05, 3.63) is 17.5 Å². The molecule has 2 aromatic rings. The summed E-state index contributed by atoms with van der Waals surface area (Å²) in [5.74, 6) is 7.19. The zero-order valence-corrected chi connectivity index (χ0v) is 16.4. The number of amides is 1. The number of carbonyl (C=O) groups is 1. The molecule has 142 valence electrons. The smallest absolute Gasteiger partial charge is 0.271 e. The molecule has 0 saturated heterocycles. The molecule has 0 aromatic carbocycles. The number of carbonyl (C=O) groups excluding carboxylic acids is 1. The Kier molecular flexibility index (Phi) is 5.85. The summed E-state index contributed by atoms with van der Waals surface area (Å²) in [4.78, 5) is 12.4. The SMILES string of the molecule is Cc1cc(C)n(-c2nnc(S[C@@H](C)C(=O)NCC3CCCCC3)n2N)n1. The zero-order valence-electron chi connectivity index (χ0n) is 15.6. The molecule has 0 aliphatic heterocycles. The third-order valence-electron chi connectivity index (χ3n) is 4.79. The molecule has 0 bridgehead atoms. The Morgan fingerprint density at radius 1 is 1.35 bits per heavy atom. The molecule has 0 radical (unpaired) electrons. The molecule has 8 nitrogen and oxygen atoms in total. The average Bonchev–Trinajstić information content (AvgIpc) is 3.15. The van der Waals surface area contributed by atoms with Crippen LogP contribution in [-0.4, -0.2) is 42.4 Å². The second-order valence-electron chi connectivity index (χ2n) is 7.00. The minimum atomic E-state index is -0.293. The molecule has 3 rings (SSSR count). The predicted molar refractivity (Wildman–Crippen MR) is 102 cm³/mol. The van der Waals surface area contributed by atoms with E-state index < -0.39 is 0 Å². The first-order valence-corrected chi connectivity index (χ1v) is 10.0. The highest BCUT2D eigenvalue weighted by atomic mass is 32.2. The zero-order chi connectivity index (χ0) is 18.7. The minimum absolute atomic E-state index is 0.0104. The van der Waals surface area contributed by atoms with E-state index in [4.69, 9.17) is 5.84 Å². The van der Waals surface area contributed by atoms with Crippen LogP contribution in [0.1, 0.15) is 50.4 Å². The molecule has 0 unspecified atom stereocenters. The Labute approximate surface area is 157 Å². The van der Waals surface area contributed by atoms with Gasteiger partial charge in [-0.3, -0.25) is 4.79 Å². The Balaban J connectivity index is 1.59. The summed E-state index contributed by atoms with van der Waals surface area (Å²) < 4.78 is 3.04. The van der Waals surface area contributed by atoms with Crippen molar-refractivity contribution in [2.75, 3.05) is 12.4 Å². The van der Waals surface area contributed by atoms with Crippen molar-refractivity contribution in [1.82, 2.24) is 30.0 Å². The van der Waals surface area contributed by atoms with Crippen molar-refractivity contribution < 1.29 is 4.79 Å². The van der Waals surface area contributed by atoms with Crippen LogP contribution in [0, 0.1) is 19.8 Å². The van der Waals surface area contributed by atoms with E-state index in [9.17, 15) is 4.79 Å². The largest absolute Gasteiger partial charge is 0.355 e. The van der Waals surface area contributed by atoms with Gasteiger partial charge in [0, 0.05) is 12.2 Å². The van der Waals surface area contributed by atoms with Crippen LogP contribution in [0.15, 0.2) is 11.2 Å². The van der Waals surface area contributed by atoms with Gasteiger partial charge in [-0.25, -0.2) is 9.36 Å². The first kappa shape index (κ1) is 18.8. The lowest BCUT2D eigenvalue weighted by molar-refractivity contribution is -0.120. The number of nitrogens with two attached hydrogens (primary N) is 1. The molecule has 0 spiro atoms. The molecule has 1 saturated carbocycles. The lowest BCUT2D eigenvalue weighted by Gasteiger charge is -2.22. The third kappa shape index (κ3) is 4.20. The van der Waals surface area contributed by atoms with Crippen LogP contribution in [-0.2, 0) is 4.79 Å². The summed E-state index contributed by atoms with van der Waals surface area (Å²) in [6.45, 7) is 6.46. The minimum Gasteiger partial charge on any atom is -0.355 e. The van der Waals surface area contributed by atoms with Crippen molar-refractivity contribution >= 4 is 17.7 Å². The number of aromatic nitrogens is 5. The van der Waals surface area contributed by atoms with Gasteiger partial charge in [0.25, 0.3) is 5.95 Å². The second-order valence-corrected chi connectivity index (χ2v) is 8.31. The molecule has 3 N–H and O–H groups in total. The highest BCUT2D eigenvalue weighted by molar-refractivity contribution is 8.00. The normalized spacial score (nSPS) is 16.6. The van der Waals surface area contributed by atoms with E-state index in [0.29, 0.717) is 17.0 Å². The van der Waals surface area contributed by atoms with Gasteiger partial charge in [0.15, 0.2) is 0 Å². The summed E-state index contributed by atoms with van der Waals surface area (Å²) in [6, 6.07) is 1.95. The number of aryl methyl sites for hydroxylation is 2. The van der Waals surface area contributed by atoms with Crippen molar-refractivity contribution in [3.8, 4) is 5.95 Å². The maximum atomic E-state index is 12.4. The lowest BCUT2D eigenvalue weighted by Crippen LogP contribution is -2.35. The maximum Gasteiger partial charge on any atom is 0.271 e. The van der Waals surface area contributed by atoms with Crippen LogP contribution in [0.5, 0.6) is 0 Å². The van der Waals surface area contributed by atoms with Gasteiger partial charge in [-0.05, 0) is 45.6 Å². The van der Waals surface area contributed by atoms with E-state index in [1.165, 1.54) is 48.5 Å². The number of thioether (sulfide) groups is 1. The van der Waals surface area contributed by atoms with Crippen molar-refractivity contribution in [2.24, 2.45) is 5.92 Å². The van der Waals surface area contributed by atoms with Crippen LogP contribution in [0.25, 0.3) is 5.95 Å². The molecule has 2 aromatic heterocycles. The molecule has 1 atom stereocenters. The molecule has 1 amide bonds. The van der Waals surface area contributed by atoms with E-state index in [2.05, 4.69) is 20.6 Å². The van der Waals surface area contributed by atoms with Gasteiger partial charge in [0.05, 0.1) is 10.9 Å². The molecule has 9 heteroatoms. The van der Waals surface area contributed by atoms with Crippen LogP contribution in [0.3, 0.4) is 0 Å². The first-order chi connectivity index (χ1) is 12.5. The van der Waals surface area contributed by atoms with Crippen LogP contribution < -0.4 is 11.2 Å². The molecule has 2 heterocycles. The van der Waals surface area contributed by atoms with Gasteiger partial charge in [-0.15, -0.1) is 10.2 Å². The van der Waals surface area contributed by atoms with Gasteiger partial charge in [0.2, 0.25) is 11.1 Å². The van der Waals surface area contributed by atoms with Gasteiger partial charge in [0.1, 0.15) is 0 Å². The Bertz CT molecular complexity index is 763. The lowest BCUT2D eigenvalue weighted by atomic mass is 9.89. The highest BCUT2D eigenvalue weighted by Gasteiger charge is 2.22. The first-order valence-electron chi connectivity index (χ1n) is 9.14. The topological polar surface area (TPSA) is 104 Å². The Morgan fingerprint density at radius 3 is 2.73 bits per heavy atom. The summed E-state index contributed by atoms with van der Waals surface area (Å²) >= 11 is 1.30. The van der Waals surface area contributed by atoms with Crippen LogP contribution >= 0.6 is 11.8 Å². The average molecular weight is 378 g/mol. The van der Waals surface area contributed by atoms with Gasteiger partial charge < -0.3 is 11.2 Å². The quantitative estimate of drug-likeness (QED) is 0.589. The van der Waals surface area contributed by atoms with Crippen molar-refractivity contribution in [2.45, 2.75) is 63.3 Å². The third-order valence-corrected chi connectivity index (χ3v) is 5.84. The monoisotopic (exact) mass is 377 g/mol. The number of rotatable bonds is 6. The summed E-state index contributed by atoms with van der Waals surface area (Å²) in [5.41, 5.74) is 1.81. The molecule has 26 heavy (non-hydrogen) atoms. The van der Waals surface area contributed by atoms with Crippen LogP contribution in [0.2, 0.25) is 0 Å². The molecular formula is C17H27N7OS. The number of hydrogen-bond acceptors (Lipinski definition) is 6. The van der Waals surface area contributed by atoms with E-state index in [1.54, 1.807) is 4.68 Å². The molecule has 1 aliphatic rings. The number of nitrogen functional groups attached to an aromatic ring is 1. The van der Waals surface area contributed by atoms with E-state index >= 15 is 0 Å². The van der Waals surface area contributed by atoms with Crippen LogP contribution in [0.4, 0.5) is 0 Å². The number of nitrogens with zero attached hydrogens (tertiary/aromatic N) is 5. The van der Waals surface area contributed by atoms with Gasteiger partial charge in [-0.1, -0.05) is 31.0 Å². The summed E-state index contributed by atoms with van der Waals surface area (Å²) in [6.07, 6.45) is 6.29. The van der Waals surface area contributed by atoms with E-state index in [1.807, 2.05) is 26.8 Å². The Morgan fingerprint density at radius 2 is 2.08 bits per heavy atom. The summed E-state index contributed by atoms with van der Waals surface area (Å²) in [5, 5.41) is 15.9. The second kappa shape index (κ2) is 8.11. The fraction of sp³-hybridized carbons (Fsp3) is 0.647. The van der Waals surface area contributed by atoms with E-state index in [0.717, 1.165) is 17.9 Å².